The van der Waals surface area contributed by atoms with E-state index in [0.717, 1.165) is 30.5 Å². The van der Waals surface area contributed by atoms with Crippen LogP contribution in [0.3, 0.4) is 0 Å². The standard InChI is InChI=1S/C22H14F6N6O3S/c1-12(21(23,24)25)33-38(35,36)14-3-4-17(32-10-14)20-16(9-29)15-8-13(37-22(26,27)28)2-5-18(15)34(20)19-11-30-6-7-31-19/h2-8,10-12,33H,1H3. The van der Waals surface area contributed by atoms with Crippen molar-refractivity contribution < 1.29 is 39.5 Å². The second kappa shape index (κ2) is 9.58. The van der Waals surface area contributed by atoms with Crippen molar-refractivity contribution in [3.05, 3.63) is 60.7 Å². The van der Waals surface area contributed by atoms with Crippen LogP contribution in [0, 0.1) is 11.3 Å². The molecule has 3 aromatic heterocycles. The molecule has 0 radical (unpaired) electrons. The first-order valence-corrected chi connectivity index (χ1v) is 11.9. The van der Waals surface area contributed by atoms with Gasteiger partial charge >= 0.3 is 12.5 Å². The number of aromatic nitrogens is 4. The van der Waals surface area contributed by atoms with E-state index in [1.165, 1.54) is 33.9 Å². The Bertz CT molecular complexity index is 1630. The molecule has 0 bridgehead atoms. The van der Waals surface area contributed by atoms with Crippen molar-refractivity contribution in [3.63, 3.8) is 0 Å². The van der Waals surface area contributed by atoms with Crippen LogP contribution in [0.5, 0.6) is 5.75 Å². The van der Waals surface area contributed by atoms with E-state index in [9.17, 15) is 40.0 Å². The molecule has 1 aromatic carbocycles. The van der Waals surface area contributed by atoms with E-state index in [-0.39, 0.29) is 33.7 Å². The quantitative estimate of drug-likeness (QED) is 0.348. The second-order valence-electron chi connectivity index (χ2n) is 7.72. The minimum atomic E-state index is -4.99. The summed E-state index contributed by atoms with van der Waals surface area (Å²) >= 11 is 0. The number of fused-ring (bicyclic) bond motifs is 1. The minimum absolute atomic E-state index is 0.0210. The summed E-state index contributed by atoms with van der Waals surface area (Å²) in [6.07, 6.45) is -5.02. The van der Waals surface area contributed by atoms with Gasteiger partial charge in [-0.2, -0.15) is 23.2 Å². The smallest absolute Gasteiger partial charge is 0.406 e. The predicted octanol–water partition coefficient (Wildman–Crippen LogP) is 4.48. The van der Waals surface area contributed by atoms with Crippen LogP contribution in [0.15, 0.2) is 60.0 Å². The third kappa shape index (κ3) is 5.38. The summed E-state index contributed by atoms with van der Waals surface area (Å²) in [7, 11) is -4.62. The summed E-state index contributed by atoms with van der Waals surface area (Å²) in [6.45, 7) is 0.634. The van der Waals surface area contributed by atoms with Crippen molar-refractivity contribution in [3.8, 4) is 29.0 Å². The topological polar surface area (TPSA) is 123 Å². The van der Waals surface area contributed by atoms with Gasteiger partial charge in [-0.05, 0) is 37.3 Å². The van der Waals surface area contributed by atoms with E-state index in [1.54, 1.807) is 0 Å². The van der Waals surface area contributed by atoms with E-state index in [2.05, 4.69) is 19.7 Å². The summed E-state index contributed by atoms with van der Waals surface area (Å²) in [5, 5.41) is 9.95. The zero-order valence-electron chi connectivity index (χ0n) is 18.9. The van der Waals surface area contributed by atoms with Crippen molar-refractivity contribution in [1.82, 2.24) is 24.2 Å². The molecule has 4 aromatic rings. The molecule has 3 heterocycles. The van der Waals surface area contributed by atoms with Gasteiger partial charge in [0.25, 0.3) is 0 Å². The van der Waals surface area contributed by atoms with E-state index >= 15 is 0 Å². The summed E-state index contributed by atoms with van der Waals surface area (Å²) in [4.78, 5) is 11.6. The Hall–Kier alpha value is -4.23. The van der Waals surface area contributed by atoms with Gasteiger partial charge in [-0.25, -0.2) is 13.4 Å². The maximum absolute atomic E-state index is 12.8. The molecular weight excluding hydrogens is 542 g/mol. The number of hydrogen-bond donors (Lipinski definition) is 1. The van der Waals surface area contributed by atoms with Gasteiger partial charge in [0.1, 0.15) is 22.8 Å². The third-order valence-electron chi connectivity index (χ3n) is 5.17. The van der Waals surface area contributed by atoms with Gasteiger partial charge in [0.2, 0.25) is 10.0 Å². The van der Waals surface area contributed by atoms with Crippen LogP contribution in [-0.4, -0.2) is 46.5 Å². The lowest BCUT2D eigenvalue weighted by Gasteiger charge is -2.17. The van der Waals surface area contributed by atoms with Crippen molar-refractivity contribution in [2.24, 2.45) is 0 Å². The fraction of sp³-hybridized carbons (Fsp3) is 0.182. The molecule has 4 rings (SSSR count). The Morgan fingerprint density at radius 2 is 1.79 bits per heavy atom. The van der Waals surface area contributed by atoms with E-state index in [1.807, 2.05) is 6.07 Å². The number of ether oxygens (including phenoxy) is 1. The maximum Gasteiger partial charge on any atom is 0.573 e. The van der Waals surface area contributed by atoms with E-state index < -0.39 is 39.2 Å². The first kappa shape index (κ1) is 26.8. The fourth-order valence-corrected chi connectivity index (χ4v) is 4.69. The molecule has 1 N–H and O–H groups in total. The largest absolute Gasteiger partial charge is 0.573 e. The number of halogens is 6. The lowest BCUT2D eigenvalue weighted by atomic mass is 10.1. The molecule has 1 atom stereocenters. The summed E-state index contributed by atoms with van der Waals surface area (Å²) in [5.74, 6) is -0.443. The van der Waals surface area contributed by atoms with Gasteiger partial charge in [-0.15, -0.1) is 13.2 Å². The molecule has 0 aliphatic heterocycles. The van der Waals surface area contributed by atoms with Crippen LogP contribution in [0.2, 0.25) is 0 Å². The highest BCUT2D eigenvalue weighted by Crippen LogP contribution is 2.37. The van der Waals surface area contributed by atoms with Crippen molar-refractivity contribution in [2.45, 2.75) is 30.4 Å². The Labute approximate surface area is 210 Å². The molecule has 1 unspecified atom stereocenters. The van der Waals surface area contributed by atoms with E-state index in [0.29, 0.717) is 6.92 Å². The Kier molecular flexibility index (Phi) is 6.76. The fourth-order valence-electron chi connectivity index (χ4n) is 3.51. The monoisotopic (exact) mass is 556 g/mol. The number of benzene rings is 1. The van der Waals surface area contributed by atoms with Gasteiger partial charge < -0.3 is 4.74 Å². The van der Waals surface area contributed by atoms with Gasteiger partial charge in [0.15, 0.2) is 5.82 Å². The van der Waals surface area contributed by atoms with Gasteiger partial charge in [0, 0.05) is 24.0 Å². The van der Waals surface area contributed by atoms with Crippen LogP contribution in [0.25, 0.3) is 28.1 Å². The predicted molar refractivity (Wildman–Crippen MR) is 119 cm³/mol. The number of nitriles is 1. The van der Waals surface area contributed by atoms with Gasteiger partial charge in [-0.1, -0.05) is 0 Å². The molecule has 0 aliphatic carbocycles. The molecule has 0 amide bonds. The van der Waals surface area contributed by atoms with Crippen molar-refractivity contribution in [1.29, 1.82) is 5.26 Å². The highest BCUT2D eigenvalue weighted by atomic mass is 32.2. The van der Waals surface area contributed by atoms with E-state index in [4.69, 9.17) is 0 Å². The SMILES string of the molecule is CC(NS(=O)(=O)c1ccc(-c2c(C#N)c3cc(OC(F)(F)F)ccc3n2-c2cnccn2)nc1)C(F)(F)F. The Morgan fingerprint density at radius 3 is 2.34 bits per heavy atom. The minimum Gasteiger partial charge on any atom is -0.406 e. The second-order valence-corrected chi connectivity index (χ2v) is 9.44. The lowest BCUT2D eigenvalue weighted by Crippen LogP contribution is -2.42. The molecule has 0 aliphatic rings. The van der Waals surface area contributed by atoms with Crippen molar-refractivity contribution >= 4 is 20.9 Å². The third-order valence-corrected chi connectivity index (χ3v) is 6.70. The Balaban J connectivity index is 1.88. The molecule has 0 fully saturated rings. The number of pyridine rings is 1. The van der Waals surface area contributed by atoms with Crippen LogP contribution >= 0.6 is 0 Å². The number of hydrogen-bond acceptors (Lipinski definition) is 7. The molecule has 198 valence electrons. The normalized spacial score (nSPS) is 13.3. The summed E-state index contributed by atoms with van der Waals surface area (Å²) in [5.41, 5.74) is 0.0770. The van der Waals surface area contributed by atoms with Crippen LogP contribution < -0.4 is 9.46 Å². The van der Waals surface area contributed by atoms with Gasteiger partial charge in [-0.3, -0.25) is 14.5 Å². The van der Waals surface area contributed by atoms with Crippen LogP contribution in [0.1, 0.15) is 12.5 Å². The molecule has 0 saturated heterocycles. The molecule has 38 heavy (non-hydrogen) atoms. The number of nitrogens with one attached hydrogen (secondary N) is 1. The van der Waals surface area contributed by atoms with Crippen LogP contribution in [0.4, 0.5) is 26.3 Å². The molecule has 16 heteroatoms. The molecule has 9 nitrogen and oxygen atoms in total. The number of rotatable bonds is 6. The highest BCUT2D eigenvalue weighted by molar-refractivity contribution is 7.89. The molecule has 0 saturated carbocycles. The summed E-state index contributed by atoms with van der Waals surface area (Å²) in [6, 6.07) is 4.94. The summed E-state index contributed by atoms with van der Waals surface area (Å²) < 4.78 is 108. The first-order valence-electron chi connectivity index (χ1n) is 10.4. The average molecular weight is 556 g/mol. The van der Waals surface area contributed by atoms with Gasteiger partial charge in [0.05, 0.1) is 28.7 Å². The molecular formula is C22H14F6N6O3S. The number of alkyl halides is 6. The first-order chi connectivity index (χ1) is 17.7. The zero-order valence-corrected chi connectivity index (χ0v) is 19.7. The highest BCUT2D eigenvalue weighted by Gasteiger charge is 2.39. The number of nitrogens with zero attached hydrogens (tertiary/aromatic N) is 5. The number of sulfonamides is 1. The zero-order chi connectivity index (χ0) is 27.9. The maximum atomic E-state index is 12.8. The average Bonchev–Trinajstić information content (AvgIpc) is 3.16. The van der Waals surface area contributed by atoms with Crippen molar-refractivity contribution in [2.75, 3.05) is 0 Å². The lowest BCUT2D eigenvalue weighted by molar-refractivity contribution is -0.274. The molecule has 0 spiro atoms. The van der Waals surface area contributed by atoms with Crippen LogP contribution in [-0.2, 0) is 10.0 Å². The Morgan fingerprint density at radius 1 is 1.05 bits per heavy atom.